The van der Waals surface area contributed by atoms with Gasteiger partial charge in [-0.1, -0.05) is 66.7 Å². The maximum absolute atomic E-state index is 13.2. The van der Waals surface area contributed by atoms with Gasteiger partial charge < -0.3 is 4.90 Å². The van der Waals surface area contributed by atoms with Gasteiger partial charge in [-0.05, 0) is 29.5 Å². The van der Waals surface area contributed by atoms with Crippen LogP contribution in [0.25, 0.3) is 5.57 Å². The van der Waals surface area contributed by atoms with Gasteiger partial charge >= 0.3 is 0 Å². The highest BCUT2D eigenvalue weighted by atomic mass is 32.2. The summed E-state index contributed by atoms with van der Waals surface area (Å²) in [4.78, 5) is 17.2. The molecular formula is C24H28N2O3S. The fourth-order valence-electron chi connectivity index (χ4n) is 4.27. The van der Waals surface area contributed by atoms with Gasteiger partial charge in [-0.2, -0.15) is 0 Å². The van der Waals surface area contributed by atoms with E-state index in [1.807, 2.05) is 48.5 Å². The number of rotatable bonds is 6. The Kier molecular flexibility index (Phi) is 6.35. The molecule has 0 aliphatic carbocycles. The van der Waals surface area contributed by atoms with Gasteiger partial charge in [-0.15, -0.1) is 0 Å². The van der Waals surface area contributed by atoms with Crippen molar-refractivity contribution >= 4 is 21.3 Å². The van der Waals surface area contributed by atoms with Gasteiger partial charge in [0, 0.05) is 25.7 Å². The summed E-state index contributed by atoms with van der Waals surface area (Å²) in [5, 5.41) is 0. The zero-order valence-corrected chi connectivity index (χ0v) is 17.9. The van der Waals surface area contributed by atoms with Gasteiger partial charge in [0.25, 0.3) is 0 Å². The van der Waals surface area contributed by atoms with E-state index < -0.39 is 9.84 Å². The first-order valence-corrected chi connectivity index (χ1v) is 12.3. The minimum absolute atomic E-state index is 0.0116. The van der Waals surface area contributed by atoms with Crippen molar-refractivity contribution in [3.8, 4) is 0 Å². The third kappa shape index (κ3) is 5.18. The van der Waals surface area contributed by atoms with E-state index in [1.165, 1.54) is 11.1 Å². The summed E-state index contributed by atoms with van der Waals surface area (Å²) in [5.74, 6) is 0.254. The first-order chi connectivity index (χ1) is 14.5. The van der Waals surface area contributed by atoms with Crippen molar-refractivity contribution in [3.63, 3.8) is 0 Å². The number of sulfone groups is 1. The summed E-state index contributed by atoms with van der Waals surface area (Å²) >= 11 is 0. The van der Waals surface area contributed by atoms with Crippen LogP contribution in [0, 0.1) is 0 Å². The minimum atomic E-state index is -3.05. The van der Waals surface area contributed by atoms with Gasteiger partial charge in [-0.25, -0.2) is 8.42 Å². The first-order valence-electron chi connectivity index (χ1n) is 10.5. The van der Waals surface area contributed by atoms with Crippen LogP contribution in [0.15, 0.2) is 66.7 Å². The van der Waals surface area contributed by atoms with Crippen molar-refractivity contribution in [2.45, 2.75) is 25.4 Å². The van der Waals surface area contributed by atoms with Crippen molar-refractivity contribution in [2.75, 3.05) is 31.1 Å². The summed E-state index contributed by atoms with van der Waals surface area (Å²) in [6, 6.07) is 19.9. The van der Waals surface area contributed by atoms with Crippen molar-refractivity contribution in [1.29, 1.82) is 0 Å². The molecule has 2 aromatic carbocycles. The Morgan fingerprint density at radius 2 is 1.73 bits per heavy atom. The Morgan fingerprint density at radius 1 is 1.03 bits per heavy atom. The molecule has 4 rings (SSSR count). The molecule has 6 heteroatoms. The molecule has 158 valence electrons. The second-order valence-electron chi connectivity index (χ2n) is 8.14. The van der Waals surface area contributed by atoms with E-state index in [9.17, 15) is 13.2 Å². The molecular weight excluding hydrogens is 396 g/mol. The highest BCUT2D eigenvalue weighted by molar-refractivity contribution is 7.91. The van der Waals surface area contributed by atoms with E-state index in [4.69, 9.17) is 0 Å². The molecule has 30 heavy (non-hydrogen) atoms. The quantitative estimate of drug-likeness (QED) is 0.715. The van der Waals surface area contributed by atoms with Crippen LogP contribution in [-0.4, -0.2) is 61.3 Å². The van der Waals surface area contributed by atoms with E-state index in [1.54, 1.807) is 4.90 Å². The molecule has 2 heterocycles. The standard InChI is InChI=1S/C24H28N2O3S/c27-24(18-25-14-11-22(12-15-25)21-9-5-2-6-10-21)26(17-20-7-3-1-4-8-20)23-13-16-30(28,29)19-23/h1-11,23H,12-19H2/t23-/m1/s1. The van der Waals surface area contributed by atoms with E-state index in [0.29, 0.717) is 19.5 Å². The Balaban J connectivity index is 1.43. The summed E-state index contributed by atoms with van der Waals surface area (Å²) in [6.07, 6.45) is 3.64. The number of nitrogens with zero attached hydrogens (tertiary/aromatic N) is 2. The first kappa shape index (κ1) is 20.8. The van der Waals surface area contributed by atoms with E-state index in [-0.39, 0.29) is 23.5 Å². The van der Waals surface area contributed by atoms with Crippen LogP contribution >= 0.6 is 0 Å². The second kappa shape index (κ2) is 9.14. The maximum Gasteiger partial charge on any atom is 0.237 e. The average Bonchev–Trinajstić information content (AvgIpc) is 3.13. The van der Waals surface area contributed by atoms with Crippen molar-refractivity contribution in [3.05, 3.63) is 77.9 Å². The number of amides is 1. The van der Waals surface area contributed by atoms with Crippen molar-refractivity contribution in [2.24, 2.45) is 0 Å². The van der Waals surface area contributed by atoms with E-state index in [0.717, 1.165) is 25.1 Å². The van der Waals surface area contributed by atoms with E-state index >= 15 is 0 Å². The molecule has 0 radical (unpaired) electrons. The molecule has 0 saturated carbocycles. The van der Waals surface area contributed by atoms with Gasteiger partial charge in [-0.3, -0.25) is 9.69 Å². The fraction of sp³-hybridized carbons (Fsp3) is 0.375. The van der Waals surface area contributed by atoms with Crippen LogP contribution in [-0.2, 0) is 21.2 Å². The molecule has 0 unspecified atom stereocenters. The average molecular weight is 425 g/mol. The lowest BCUT2D eigenvalue weighted by atomic mass is 9.99. The molecule has 2 aliphatic heterocycles. The molecule has 1 atom stereocenters. The molecule has 0 aromatic heterocycles. The summed E-state index contributed by atoms with van der Waals surface area (Å²) in [6.45, 7) is 2.34. The highest BCUT2D eigenvalue weighted by Gasteiger charge is 2.35. The van der Waals surface area contributed by atoms with Gasteiger partial charge in [0.15, 0.2) is 9.84 Å². The number of carbonyl (C=O) groups is 1. The van der Waals surface area contributed by atoms with Gasteiger partial charge in [0.2, 0.25) is 5.91 Å². The highest BCUT2D eigenvalue weighted by Crippen LogP contribution is 2.23. The molecule has 1 saturated heterocycles. The number of hydrogen-bond donors (Lipinski definition) is 0. The second-order valence-corrected chi connectivity index (χ2v) is 10.4. The lowest BCUT2D eigenvalue weighted by Crippen LogP contribution is -2.46. The zero-order valence-electron chi connectivity index (χ0n) is 17.1. The Bertz CT molecular complexity index is 1000. The van der Waals surface area contributed by atoms with E-state index in [2.05, 4.69) is 23.1 Å². The van der Waals surface area contributed by atoms with Gasteiger partial charge in [0.05, 0.1) is 18.1 Å². The van der Waals surface area contributed by atoms with Crippen LogP contribution < -0.4 is 0 Å². The molecule has 2 aliphatic rings. The molecule has 5 nitrogen and oxygen atoms in total. The van der Waals surface area contributed by atoms with Crippen LogP contribution in [0.1, 0.15) is 24.0 Å². The van der Waals surface area contributed by atoms with Crippen LogP contribution in [0.4, 0.5) is 0 Å². The molecule has 1 amide bonds. The lowest BCUT2D eigenvalue weighted by Gasteiger charge is -2.32. The molecule has 2 aromatic rings. The lowest BCUT2D eigenvalue weighted by molar-refractivity contribution is -0.134. The third-order valence-corrected chi connectivity index (χ3v) is 7.71. The van der Waals surface area contributed by atoms with Crippen molar-refractivity contribution < 1.29 is 13.2 Å². The monoisotopic (exact) mass is 424 g/mol. The summed E-state index contributed by atoms with van der Waals surface area (Å²) in [7, 11) is -3.05. The van der Waals surface area contributed by atoms with Gasteiger partial charge in [0.1, 0.15) is 0 Å². The minimum Gasteiger partial charge on any atom is -0.333 e. The predicted octanol–water partition coefficient (Wildman–Crippen LogP) is 2.99. The normalized spacial score (nSPS) is 21.2. The topological polar surface area (TPSA) is 57.7 Å². The Labute approximate surface area is 178 Å². The van der Waals surface area contributed by atoms with Crippen molar-refractivity contribution in [1.82, 2.24) is 9.80 Å². The Morgan fingerprint density at radius 3 is 2.33 bits per heavy atom. The molecule has 0 bridgehead atoms. The third-order valence-electron chi connectivity index (χ3n) is 5.96. The van der Waals surface area contributed by atoms with Crippen LogP contribution in [0.2, 0.25) is 0 Å². The summed E-state index contributed by atoms with van der Waals surface area (Å²) < 4.78 is 24.1. The number of hydrogen-bond acceptors (Lipinski definition) is 4. The fourth-order valence-corrected chi connectivity index (χ4v) is 6.00. The predicted molar refractivity (Wildman–Crippen MR) is 120 cm³/mol. The number of benzene rings is 2. The molecule has 1 fully saturated rings. The molecule has 0 spiro atoms. The SMILES string of the molecule is O=C(CN1CC=C(c2ccccc2)CC1)N(Cc1ccccc1)[C@@H]1CCS(=O)(=O)C1. The molecule has 0 N–H and O–H groups in total. The largest absolute Gasteiger partial charge is 0.333 e. The maximum atomic E-state index is 13.2. The van der Waals surface area contributed by atoms with Crippen LogP contribution in [0.3, 0.4) is 0 Å². The zero-order chi connectivity index (χ0) is 21.0. The Hall–Kier alpha value is -2.44. The smallest absolute Gasteiger partial charge is 0.237 e. The summed E-state index contributed by atoms with van der Waals surface area (Å²) in [5.41, 5.74) is 3.59. The van der Waals surface area contributed by atoms with Crippen LogP contribution in [0.5, 0.6) is 0 Å². The number of carbonyl (C=O) groups excluding carboxylic acids is 1.